The van der Waals surface area contributed by atoms with Crippen molar-refractivity contribution in [2.24, 2.45) is 17.6 Å². The fraction of sp³-hybridized carbons (Fsp3) is 0.778. The Morgan fingerprint density at radius 3 is 2.55 bits per heavy atom. The number of hydrogen-bond acceptors (Lipinski definition) is 2. The van der Waals surface area contributed by atoms with Crippen LogP contribution in [-0.4, -0.2) is 6.04 Å². The van der Waals surface area contributed by atoms with Crippen LogP contribution in [-0.2, 0) is 0 Å². The molecule has 64 valence electrons. The van der Waals surface area contributed by atoms with Gasteiger partial charge in [0.05, 0.1) is 0 Å². The summed E-state index contributed by atoms with van der Waals surface area (Å²) >= 11 is 0. The molecule has 0 aromatic rings. The Hall–Kier alpha value is -0.660. The van der Waals surface area contributed by atoms with E-state index >= 15 is 0 Å². The summed E-state index contributed by atoms with van der Waals surface area (Å²) in [7, 11) is 0. The van der Waals surface area contributed by atoms with Gasteiger partial charge in [-0.25, -0.2) is 0 Å². The summed E-state index contributed by atoms with van der Waals surface area (Å²) in [6.45, 7) is 6.45. The Morgan fingerprint density at radius 2 is 2.18 bits per heavy atom. The van der Waals surface area contributed by atoms with Gasteiger partial charge in [-0.05, 0) is 18.3 Å². The van der Waals surface area contributed by atoms with Crippen LogP contribution in [0.1, 0.15) is 27.2 Å². The number of nitrogens with one attached hydrogen (secondary N) is 1. The predicted molar refractivity (Wildman–Crippen MR) is 47.8 cm³/mol. The second-order valence-corrected chi connectivity index (χ2v) is 3.79. The van der Waals surface area contributed by atoms with Gasteiger partial charge in [-0.1, -0.05) is 20.8 Å². The summed E-state index contributed by atoms with van der Waals surface area (Å²) in [5.74, 6) is 1.29. The van der Waals surface area contributed by atoms with Gasteiger partial charge in [0.1, 0.15) is 0 Å². The molecule has 0 amide bonds. The van der Waals surface area contributed by atoms with Crippen molar-refractivity contribution >= 4 is 0 Å². The first-order valence-electron chi connectivity index (χ1n) is 4.33. The smallest absolute Gasteiger partial charge is 0.0286 e. The molecule has 3 N–H and O–H groups in total. The van der Waals surface area contributed by atoms with Gasteiger partial charge in [0.2, 0.25) is 0 Å². The highest BCUT2D eigenvalue weighted by molar-refractivity contribution is 5.02. The lowest BCUT2D eigenvalue weighted by Crippen LogP contribution is -2.15. The van der Waals surface area contributed by atoms with Crippen molar-refractivity contribution in [1.82, 2.24) is 5.32 Å². The molecule has 0 bridgehead atoms. The lowest BCUT2D eigenvalue weighted by Gasteiger charge is -2.05. The molecule has 0 aliphatic heterocycles. The van der Waals surface area contributed by atoms with Crippen LogP contribution in [0.2, 0.25) is 0 Å². The van der Waals surface area contributed by atoms with Crippen molar-refractivity contribution in [1.29, 1.82) is 0 Å². The summed E-state index contributed by atoms with van der Waals surface area (Å²) in [5.41, 5.74) is 6.68. The third-order valence-electron chi connectivity index (χ3n) is 2.24. The minimum Gasteiger partial charge on any atom is -0.401 e. The van der Waals surface area contributed by atoms with Crippen LogP contribution < -0.4 is 11.1 Å². The first kappa shape index (κ1) is 8.44. The average molecular weight is 154 g/mol. The van der Waals surface area contributed by atoms with E-state index < -0.39 is 0 Å². The van der Waals surface area contributed by atoms with Crippen molar-refractivity contribution in [3.63, 3.8) is 0 Å². The fourth-order valence-corrected chi connectivity index (χ4v) is 0.924. The van der Waals surface area contributed by atoms with Crippen molar-refractivity contribution < 1.29 is 0 Å². The fourth-order valence-electron chi connectivity index (χ4n) is 0.924. The van der Waals surface area contributed by atoms with Gasteiger partial charge < -0.3 is 11.1 Å². The van der Waals surface area contributed by atoms with E-state index in [1.807, 2.05) is 6.20 Å². The van der Waals surface area contributed by atoms with Gasteiger partial charge in [0, 0.05) is 17.9 Å². The second kappa shape index (κ2) is 3.16. The molecule has 11 heavy (non-hydrogen) atoms. The third kappa shape index (κ3) is 2.45. The molecule has 1 rings (SSSR count). The minimum absolute atomic E-state index is 0.455. The molecule has 2 nitrogen and oxygen atoms in total. The van der Waals surface area contributed by atoms with Crippen LogP contribution in [0, 0.1) is 11.8 Å². The summed E-state index contributed by atoms with van der Waals surface area (Å²) in [6.07, 6.45) is 3.25. The topological polar surface area (TPSA) is 38.0 Å². The number of nitrogens with two attached hydrogens (primary N) is 1. The summed E-state index contributed by atoms with van der Waals surface area (Å²) in [5, 5.41) is 3.30. The van der Waals surface area contributed by atoms with E-state index in [4.69, 9.17) is 5.73 Å². The van der Waals surface area contributed by atoms with E-state index in [9.17, 15) is 0 Å². The van der Waals surface area contributed by atoms with Gasteiger partial charge >= 0.3 is 0 Å². The van der Waals surface area contributed by atoms with E-state index in [-0.39, 0.29) is 0 Å². The van der Waals surface area contributed by atoms with E-state index in [0.29, 0.717) is 12.0 Å². The molecule has 0 saturated heterocycles. The van der Waals surface area contributed by atoms with Gasteiger partial charge in [-0.3, -0.25) is 0 Å². The molecule has 1 saturated carbocycles. The summed E-state index contributed by atoms with van der Waals surface area (Å²) in [6, 6.07) is 0.687. The third-order valence-corrected chi connectivity index (χ3v) is 2.24. The molecule has 2 heteroatoms. The van der Waals surface area contributed by atoms with E-state index in [1.54, 1.807) is 0 Å². The maximum absolute atomic E-state index is 5.74. The standard InChI is InChI=1S/C9H18N2/c1-6(2)8(10)5-11-9-4-7(9)3/h5-7,9,11H,4,10H2,1-3H3/b8-5-. The zero-order valence-electron chi connectivity index (χ0n) is 7.59. The van der Waals surface area contributed by atoms with Crippen molar-refractivity contribution in [3.05, 3.63) is 11.9 Å². The highest BCUT2D eigenvalue weighted by atomic mass is 15.0. The quantitative estimate of drug-likeness (QED) is 0.645. The number of rotatable bonds is 3. The lowest BCUT2D eigenvalue weighted by molar-refractivity contribution is 0.717. The van der Waals surface area contributed by atoms with Crippen LogP contribution in [0.5, 0.6) is 0 Å². The summed E-state index contributed by atoms with van der Waals surface area (Å²) < 4.78 is 0. The van der Waals surface area contributed by atoms with Gasteiger partial charge in [-0.2, -0.15) is 0 Å². The van der Waals surface area contributed by atoms with Crippen LogP contribution in [0.15, 0.2) is 11.9 Å². The molecule has 0 aromatic carbocycles. The molecule has 1 fully saturated rings. The maximum atomic E-state index is 5.74. The molecule has 0 aromatic heterocycles. The van der Waals surface area contributed by atoms with Crippen molar-refractivity contribution in [2.75, 3.05) is 0 Å². The van der Waals surface area contributed by atoms with Gasteiger partial charge in [0.25, 0.3) is 0 Å². The van der Waals surface area contributed by atoms with E-state index in [2.05, 4.69) is 26.1 Å². The number of allylic oxidation sites excluding steroid dienone is 1. The van der Waals surface area contributed by atoms with Crippen LogP contribution in [0.25, 0.3) is 0 Å². The van der Waals surface area contributed by atoms with E-state index in [1.165, 1.54) is 6.42 Å². The highest BCUT2D eigenvalue weighted by Crippen LogP contribution is 2.28. The molecule has 2 atom stereocenters. The largest absolute Gasteiger partial charge is 0.401 e. The molecule has 0 spiro atoms. The van der Waals surface area contributed by atoms with Crippen LogP contribution in [0.3, 0.4) is 0 Å². The molecule has 0 radical (unpaired) electrons. The Kier molecular flexibility index (Phi) is 2.42. The normalized spacial score (nSPS) is 30.7. The Labute approximate surface area is 68.9 Å². The van der Waals surface area contributed by atoms with Crippen molar-refractivity contribution in [2.45, 2.75) is 33.2 Å². The Morgan fingerprint density at radius 1 is 1.64 bits per heavy atom. The average Bonchev–Trinajstić information content (AvgIpc) is 2.61. The van der Waals surface area contributed by atoms with Gasteiger partial charge in [-0.15, -0.1) is 0 Å². The molecular formula is C9H18N2. The lowest BCUT2D eigenvalue weighted by atomic mass is 10.2. The zero-order chi connectivity index (χ0) is 8.43. The van der Waals surface area contributed by atoms with Crippen LogP contribution in [0.4, 0.5) is 0 Å². The molecule has 2 unspecified atom stereocenters. The molecule has 0 heterocycles. The number of hydrogen-bond donors (Lipinski definition) is 2. The maximum Gasteiger partial charge on any atom is 0.0286 e. The molecule has 1 aliphatic rings. The summed E-state index contributed by atoms with van der Waals surface area (Å²) in [4.78, 5) is 0. The Balaban J connectivity index is 2.23. The van der Waals surface area contributed by atoms with E-state index in [0.717, 1.165) is 11.6 Å². The molecular weight excluding hydrogens is 136 g/mol. The SMILES string of the molecule is CC(C)/C(N)=C/NC1CC1C. The predicted octanol–water partition coefficient (Wildman–Crippen LogP) is 1.44. The van der Waals surface area contributed by atoms with Crippen molar-refractivity contribution in [3.8, 4) is 0 Å². The van der Waals surface area contributed by atoms with Gasteiger partial charge in [0.15, 0.2) is 0 Å². The van der Waals surface area contributed by atoms with Crippen LogP contribution >= 0.6 is 0 Å². The monoisotopic (exact) mass is 154 g/mol. The minimum atomic E-state index is 0.455. The Bertz CT molecular complexity index is 161. The highest BCUT2D eigenvalue weighted by Gasteiger charge is 2.31. The second-order valence-electron chi connectivity index (χ2n) is 3.79. The first-order valence-corrected chi connectivity index (χ1v) is 4.33. The zero-order valence-corrected chi connectivity index (χ0v) is 7.59. The molecule has 1 aliphatic carbocycles. The first-order chi connectivity index (χ1) is 5.11.